The summed E-state index contributed by atoms with van der Waals surface area (Å²) in [7, 11) is 0. The van der Waals surface area contributed by atoms with E-state index in [-0.39, 0.29) is 23.8 Å². The van der Waals surface area contributed by atoms with Crippen LogP contribution >= 0.6 is 11.6 Å². The van der Waals surface area contributed by atoms with Crippen LogP contribution in [0.1, 0.15) is 81.7 Å². The fourth-order valence-corrected chi connectivity index (χ4v) is 7.87. The summed E-state index contributed by atoms with van der Waals surface area (Å²) in [6, 6.07) is 7.77. The number of ether oxygens (including phenoxy) is 1. The van der Waals surface area contributed by atoms with E-state index in [1.54, 1.807) is 6.33 Å². The topological polar surface area (TPSA) is 106 Å². The van der Waals surface area contributed by atoms with Gasteiger partial charge < -0.3 is 29.4 Å². The lowest BCUT2D eigenvalue weighted by atomic mass is 9.92. The molecule has 0 radical (unpaired) electrons. The SMILES string of the molecule is C[C@@H]1C[C@@H](O)c2ncnc(N3CCN(C(=O)[C@H](CN4CCC(CN5CCN(C(=O)OC(C)(C)C)CC5)CC4)c4ccc(Cl)cc4)CC3)c21. The van der Waals surface area contributed by atoms with Gasteiger partial charge in [-0.3, -0.25) is 9.69 Å². The third-order valence-electron chi connectivity index (χ3n) is 10.4. The number of nitrogens with zero attached hydrogens (tertiary/aromatic N) is 7. The number of carbonyl (C=O) groups is 2. The third-order valence-corrected chi connectivity index (χ3v) is 10.7. The lowest BCUT2D eigenvalue weighted by Gasteiger charge is -2.40. The van der Waals surface area contributed by atoms with Crippen molar-refractivity contribution in [2.24, 2.45) is 5.92 Å². The molecule has 0 unspecified atom stereocenters. The number of piperazine rings is 2. The van der Waals surface area contributed by atoms with Crippen molar-refractivity contribution in [2.45, 2.75) is 70.5 Å². The van der Waals surface area contributed by atoms with Crippen LogP contribution in [0.25, 0.3) is 0 Å². The molecule has 0 spiro atoms. The number of fused-ring (bicyclic) bond motifs is 1. The zero-order valence-electron chi connectivity index (χ0n) is 29.0. The van der Waals surface area contributed by atoms with E-state index in [2.05, 4.69) is 31.6 Å². The van der Waals surface area contributed by atoms with Crippen LogP contribution < -0.4 is 4.90 Å². The molecule has 11 nitrogen and oxygen atoms in total. The zero-order chi connectivity index (χ0) is 34.0. The molecule has 262 valence electrons. The average Bonchev–Trinajstić information content (AvgIpc) is 3.37. The normalized spacial score (nSPS) is 23.7. The van der Waals surface area contributed by atoms with Gasteiger partial charge in [-0.25, -0.2) is 14.8 Å². The summed E-state index contributed by atoms with van der Waals surface area (Å²) in [6.45, 7) is 17.3. The molecule has 1 aliphatic carbocycles. The van der Waals surface area contributed by atoms with E-state index in [1.807, 2.05) is 54.8 Å². The van der Waals surface area contributed by atoms with Crippen LogP contribution in [0.15, 0.2) is 30.6 Å². The summed E-state index contributed by atoms with van der Waals surface area (Å²) in [5, 5.41) is 11.1. The summed E-state index contributed by atoms with van der Waals surface area (Å²) < 4.78 is 5.56. The van der Waals surface area contributed by atoms with E-state index in [0.29, 0.717) is 63.2 Å². The van der Waals surface area contributed by atoms with E-state index in [4.69, 9.17) is 16.3 Å². The summed E-state index contributed by atoms with van der Waals surface area (Å²) in [6.07, 6.45) is 3.68. The fraction of sp³-hybridized carbons (Fsp3) is 0.667. The Kier molecular flexibility index (Phi) is 10.8. The second kappa shape index (κ2) is 14.9. The first-order valence-electron chi connectivity index (χ1n) is 17.7. The molecular weight excluding hydrogens is 630 g/mol. The molecule has 1 aromatic carbocycles. The minimum absolute atomic E-state index is 0.165. The highest BCUT2D eigenvalue weighted by molar-refractivity contribution is 6.30. The first kappa shape index (κ1) is 34.9. The molecule has 6 rings (SSSR count). The van der Waals surface area contributed by atoms with E-state index >= 15 is 0 Å². The van der Waals surface area contributed by atoms with Crippen LogP contribution in [-0.4, -0.2) is 131 Å². The Hall–Kier alpha value is -2.99. The van der Waals surface area contributed by atoms with Gasteiger partial charge in [0.05, 0.1) is 17.7 Å². The third kappa shape index (κ3) is 8.23. The first-order valence-corrected chi connectivity index (χ1v) is 18.1. The van der Waals surface area contributed by atoms with Crippen LogP contribution in [0.4, 0.5) is 10.6 Å². The van der Waals surface area contributed by atoms with Gasteiger partial charge in [0.1, 0.15) is 17.7 Å². The highest BCUT2D eigenvalue weighted by Gasteiger charge is 2.36. The monoisotopic (exact) mass is 681 g/mol. The average molecular weight is 682 g/mol. The molecule has 3 aliphatic heterocycles. The number of benzene rings is 1. The summed E-state index contributed by atoms with van der Waals surface area (Å²) in [4.78, 5) is 46.7. The van der Waals surface area contributed by atoms with Crippen molar-refractivity contribution in [1.82, 2.24) is 29.6 Å². The van der Waals surface area contributed by atoms with E-state index in [1.165, 1.54) is 0 Å². The number of anilines is 1. The van der Waals surface area contributed by atoms with E-state index < -0.39 is 11.7 Å². The number of amides is 2. The molecule has 48 heavy (non-hydrogen) atoms. The Bertz CT molecular complexity index is 1410. The Morgan fingerprint density at radius 2 is 1.56 bits per heavy atom. The molecule has 2 aromatic rings. The van der Waals surface area contributed by atoms with Crippen molar-refractivity contribution in [3.63, 3.8) is 0 Å². The standard InChI is InChI=1S/C36H52ClN7O4/c1-25-21-30(45)32-31(25)33(39-24-38-32)42-17-19-43(20-18-42)34(46)29(27-5-7-28(37)8-6-27)23-40-11-9-26(10-12-40)22-41-13-15-44(16-14-41)35(47)48-36(2,3)4/h5-8,24-26,29-30,45H,9-23H2,1-4H3/t25-,29-,30-/m1/s1. The van der Waals surface area contributed by atoms with Crippen molar-refractivity contribution in [3.8, 4) is 0 Å². The number of aliphatic hydroxyl groups is 1. The number of hydrogen-bond donors (Lipinski definition) is 1. The number of hydrogen-bond acceptors (Lipinski definition) is 9. The van der Waals surface area contributed by atoms with Crippen molar-refractivity contribution in [1.29, 1.82) is 0 Å². The van der Waals surface area contributed by atoms with Gasteiger partial charge in [-0.2, -0.15) is 0 Å². The maximum Gasteiger partial charge on any atom is 0.410 e. The van der Waals surface area contributed by atoms with Crippen LogP contribution in [0.5, 0.6) is 0 Å². The number of halogens is 1. The number of aliphatic hydroxyl groups excluding tert-OH is 1. The highest BCUT2D eigenvalue weighted by Crippen LogP contribution is 2.43. The zero-order valence-corrected chi connectivity index (χ0v) is 29.7. The minimum Gasteiger partial charge on any atom is -0.444 e. The lowest BCUT2D eigenvalue weighted by molar-refractivity contribution is -0.133. The molecule has 3 fully saturated rings. The minimum atomic E-state index is -0.536. The van der Waals surface area contributed by atoms with Gasteiger partial charge in [0.2, 0.25) is 5.91 Å². The Labute approximate surface area is 290 Å². The molecule has 3 atom stereocenters. The number of aromatic nitrogens is 2. The second-order valence-electron chi connectivity index (χ2n) is 15.1. The van der Waals surface area contributed by atoms with Gasteiger partial charge in [0, 0.05) is 76.0 Å². The van der Waals surface area contributed by atoms with Crippen molar-refractivity contribution in [2.75, 3.05) is 83.4 Å². The Morgan fingerprint density at radius 3 is 2.21 bits per heavy atom. The smallest absolute Gasteiger partial charge is 0.410 e. The first-order chi connectivity index (χ1) is 22.9. The van der Waals surface area contributed by atoms with Gasteiger partial charge in [-0.05, 0) is 82.7 Å². The lowest BCUT2D eigenvalue weighted by Crippen LogP contribution is -2.52. The predicted octanol–water partition coefficient (Wildman–Crippen LogP) is 4.37. The Balaban J connectivity index is 1.02. The van der Waals surface area contributed by atoms with E-state index in [0.717, 1.165) is 68.2 Å². The highest BCUT2D eigenvalue weighted by atomic mass is 35.5. The molecule has 4 aliphatic rings. The Morgan fingerprint density at radius 1 is 0.917 bits per heavy atom. The van der Waals surface area contributed by atoms with Crippen molar-refractivity contribution < 1.29 is 19.4 Å². The van der Waals surface area contributed by atoms with Gasteiger partial charge >= 0.3 is 6.09 Å². The number of carbonyl (C=O) groups excluding carboxylic acids is 2. The fourth-order valence-electron chi connectivity index (χ4n) is 7.75. The second-order valence-corrected chi connectivity index (χ2v) is 15.5. The van der Waals surface area contributed by atoms with Crippen molar-refractivity contribution in [3.05, 3.63) is 52.4 Å². The molecule has 0 bridgehead atoms. The van der Waals surface area contributed by atoms with Gasteiger partial charge in [-0.1, -0.05) is 30.7 Å². The van der Waals surface area contributed by atoms with Gasteiger partial charge in [0.25, 0.3) is 0 Å². The molecular formula is C36H52ClN7O4. The predicted molar refractivity (Wildman–Crippen MR) is 186 cm³/mol. The summed E-state index contributed by atoms with van der Waals surface area (Å²) >= 11 is 6.25. The molecule has 2 amide bonds. The van der Waals surface area contributed by atoms with Crippen LogP contribution in [0.2, 0.25) is 5.02 Å². The van der Waals surface area contributed by atoms with E-state index in [9.17, 15) is 14.7 Å². The van der Waals surface area contributed by atoms with Gasteiger partial charge in [-0.15, -0.1) is 0 Å². The van der Waals surface area contributed by atoms with Crippen LogP contribution in [0, 0.1) is 5.92 Å². The quantitative estimate of drug-likeness (QED) is 0.456. The molecule has 1 N–H and O–H groups in total. The molecule has 3 saturated heterocycles. The van der Waals surface area contributed by atoms with Gasteiger partial charge in [0.15, 0.2) is 0 Å². The van der Waals surface area contributed by atoms with Crippen LogP contribution in [-0.2, 0) is 9.53 Å². The van der Waals surface area contributed by atoms with Crippen LogP contribution in [0.3, 0.4) is 0 Å². The number of likely N-dealkylation sites (tertiary alicyclic amines) is 1. The van der Waals surface area contributed by atoms with Crippen molar-refractivity contribution >= 4 is 29.4 Å². The summed E-state index contributed by atoms with van der Waals surface area (Å²) in [5.41, 5.74) is 2.33. The number of rotatable bonds is 7. The maximum absolute atomic E-state index is 14.2. The summed E-state index contributed by atoms with van der Waals surface area (Å²) in [5.74, 6) is 1.62. The molecule has 12 heteroatoms. The molecule has 1 aromatic heterocycles. The largest absolute Gasteiger partial charge is 0.444 e. The maximum atomic E-state index is 14.2. The molecule has 0 saturated carbocycles. The molecule has 4 heterocycles. The number of piperidine rings is 1.